The molecule has 2 N–H and O–H groups in total. The van der Waals surface area contributed by atoms with Crippen molar-refractivity contribution in [3.8, 4) is 16.9 Å². The van der Waals surface area contributed by atoms with Crippen molar-refractivity contribution >= 4 is 16.8 Å². The molecule has 0 saturated heterocycles. The first-order valence-electron chi connectivity index (χ1n) is 10.2. The molecule has 31 heavy (non-hydrogen) atoms. The van der Waals surface area contributed by atoms with Crippen LogP contribution in [0.1, 0.15) is 28.4 Å². The lowest BCUT2D eigenvalue weighted by molar-refractivity contribution is 0.0924. The average Bonchev–Trinajstić information content (AvgIpc) is 3.29. The van der Waals surface area contributed by atoms with Crippen LogP contribution in [0.5, 0.6) is 5.75 Å². The fraction of sp³-hybridized carbons (Fsp3) is 0.200. The highest BCUT2D eigenvalue weighted by Gasteiger charge is 2.17. The summed E-state index contributed by atoms with van der Waals surface area (Å²) in [6, 6.07) is 21.3. The molecule has 0 aliphatic rings. The van der Waals surface area contributed by atoms with E-state index in [9.17, 15) is 4.79 Å². The van der Waals surface area contributed by atoms with Crippen molar-refractivity contribution in [3.05, 3.63) is 84.1 Å². The van der Waals surface area contributed by atoms with E-state index in [4.69, 9.17) is 9.47 Å². The lowest BCUT2D eigenvalue weighted by Crippen LogP contribution is -2.29. The summed E-state index contributed by atoms with van der Waals surface area (Å²) >= 11 is 0. The molecule has 1 aromatic heterocycles. The van der Waals surface area contributed by atoms with Gasteiger partial charge in [0, 0.05) is 24.7 Å². The van der Waals surface area contributed by atoms with E-state index in [0.29, 0.717) is 18.6 Å². The Bertz CT molecular complexity index is 1190. The smallest absolute Gasteiger partial charge is 0.251 e. The molecule has 1 unspecified atom stereocenters. The molecule has 6 heteroatoms. The maximum atomic E-state index is 13.1. The number of aromatic nitrogens is 2. The third-order valence-electron chi connectivity index (χ3n) is 5.31. The summed E-state index contributed by atoms with van der Waals surface area (Å²) < 4.78 is 10.6. The number of amides is 1. The van der Waals surface area contributed by atoms with E-state index in [1.54, 1.807) is 20.4 Å². The molecule has 4 aromatic rings. The number of H-pyrrole nitrogens is 1. The molecule has 0 spiro atoms. The zero-order valence-electron chi connectivity index (χ0n) is 17.6. The highest BCUT2D eigenvalue weighted by Crippen LogP contribution is 2.26. The van der Waals surface area contributed by atoms with Crippen molar-refractivity contribution in [2.75, 3.05) is 20.8 Å². The Balaban J connectivity index is 1.57. The third-order valence-corrected chi connectivity index (χ3v) is 5.31. The first-order valence-corrected chi connectivity index (χ1v) is 10.2. The van der Waals surface area contributed by atoms with Crippen molar-refractivity contribution in [3.63, 3.8) is 0 Å². The van der Waals surface area contributed by atoms with E-state index < -0.39 is 0 Å². The zero-order chi connectivity index (χ0) is 21.6. The second-order valence-electron chi connectivity index (χ2n) is 7.34. The van der Waals surface area contributed by atoms with Crippen molar-refractivity contribution in [2.45, 2.75) is 12.5 Å². The van der Waals surface area contributed by atoms with Crippen LogP contribution in [0.25, 0.3) is 22.0 Å². The molecule has 1 heterocycles. The Morgan fingerprint density at radius 3 is 2.71 bits per heavy atom. The minimum atomic E-state index is -0.187. The maximum absolute atomic E-state index is 13.1. The van der Waals surface area contributed by atoms with Gasteiger partial charge in [-0.2, -0.15) is 5.10 Å². The number of rotatable bonds is 8. The number of fused-ring (bicyclic) bond motifs is 1. The zero-order valence-corrected chi connectivity index (χ0v) is 17.6. The predicted octanol–water partition coefficient (Wildman–Crippen LogP) is 4.75. The summed E-state index contributed by atoms with van der Waals surface area (Å²) in [7, 11) is 3.29. The molecule has 3 aromatic carbocycles. The normalized spacial score (nSPS) is 11.9. The van der Waals surface area contributed by atoms with E-state index in [0.717, 1.165) is 33.3 Å². The van der Waals surface area contributed by atoms with Crippen molar-refractivity contribution in [1.82, 2.24) is 15.5 Å². The van der Waals surface area contributed by atoms with Crippen molar-refractivity contribution in [2.24, 2.45) is 0 Å². The second-order valence-corrected chi connectivity index (χ2v) is 7.34. The van der Waals surface area contributed by atoms with Crippen LogP contribution in [-0.4, -0.2) is 36.9 Å². The number of hydrogen-bond acceptors (Lipinski definition) is 4. The van der Waals surface area contributed by atoms with Gasteiger partial charge in [-0.05, 0) is 59.5 Å². The molecule has 158 valence electrons. The molecule has 0 saturated carbocycles. The van der Waals surface area contributed by atoms with Gasteiger partial charge in [0.15, 0.2) is 0 Å². The van der Waals surface area contributed by atoms with Crippen LogP contribution >= 0.6 is 0 Å². The number of nitrogens with one attached hydrogen (secondary N) is 2. The highest BCUT2D eigenvalue weighted by atomic mass is 16.5. The fourth-order valence-electron chi connectivity index (χ4n) is 3.62. The molecular weight excluding hydrogens is 390 g/mol. The molecule has 0 aliphatic heterocycles. The molecule has 6 nitrogen and oxygen atoms in total. The number of carbonyl (C=O) groups is 1. The number of ether oxygens (including phenoxy) is 2. The van der Waals surface area contributed by atoms with Gasteiger partial charge >= 0.3 is 0 Å². The summed E-state index contributed by atoms with van der Waals surface area (Å²) in [6.45, 7) is 0.535. The second kappa shape index (κ2) is 9.45. The third kappa shape index (κ3) is 4.75. The van der Waals surface area contributed by atoms with Gasteiger partial charge in [0.1, 0.15) is 5.75 Å². The van der Waals surface area contributed by atoms with E-state index in [1.165, 1.54) is 0 Å². The summed E-state index contributed by atoms with van der Waals surface area (Å²) in [5.41, 5.74) is 4.58. The number of nitrogens with zero attached hydrogens (tertiary/aromatic N) is 1. The minimum Gasteiger partial charge on any atom is -0.497 e. The highest BCUT2D eigenvalue weighted by molar-refractivity contribution is 5.96. The molecule has 0 radical (unpaired) electrons. The van der Waals surface area contributed by atoms with Gasteiger partial charge in [0.25, 0.3) is 5.91 Å². The lowest BCUT2D eigenvalue weighted by atomic mass is 10.0. The Kier molecular flexibility index (Phi) is 6.29. The molecule has 0 bridgehead atoms. The summed E-state index contributed by atoms with van der Waals surface area (Å²) in [5.74, 6) is 0.626. The Morgan fingerprint density at radius 1 is 1.03 bits per heavy atom. The van der Waals surface area contributed by atoms with Crippen LogP contribution in [0.15, 0.2) is 72.9 Å². The van der Waals surface area contributed by atoms with Crippen LogP contribution in [0.3, 0.4) is 0 Å². The van der Waals surface area contributed by atoms with Crippen LogP contribution < -0.4 is 10.1 Å². The molecular formula is C25H25N3O3. The molecule has 4 rings (SSSR count). The van der Waals surface area contributed by atoms with Gasteiger partial charge in [-0.25, -0.2) is 0 Å². The Labute approximate surface area is 181 Å². The topological polar surface area (TPSA) is 76.2 Å². The monoisotopic (exact) mass is 415 g/mol. The average molecular weight is 415 g/mol. The van der Waals surface area contributed by atoms with Crippen LogP contribution in [-0.2, 0) is 4.74 Å². The number of methoxy groups -OCH3 is 2. The largest absolute Gasteiger partial charge is 0.497 e. The van der Waals surface area contributed by atoms with Gasteiger partial charge in [0.2, 0.25) is 0 Å². The van der Waals surface area contributed by atoms with Crippen LogP contribution in [0, 0.1) is 0 Å². The molecule has 0 fully saturated rings. The van der Waals surface area contributed by atoms with Gasteiger partial charge in [-0.15, -0.1) is 0 Å². The minimum absolute atomic E-state index is 0.129. The molecule has 0 aliphatic carbocycles. The van der Waals surface area contributed by atoms with Gasteiger partial charge in [-0.1, -0.05) is 30.3 Å². The van der Waals surface area contributed by atoms with Crippen molar-refractivity contribution in [1.29, 1.82) is 0 Å². The predicted molar refractivity (Wildman–Crippen MR) is 121 cm³/mol. The quantitative estimate of drug-likeness (QED) is 0.436. The summed E-state index contributed by atoms with van der Waals surface area (Å²) in [6.07, 6.45) is 2.45. The molecule has 1 atom stereocenters. The fourth-order valence-corrected chi connectivity index (χ4v) is 3.62. The first-order chi connectivity index (χ1) is 15.2. The number of benzene rings is 3. The summed E-state index contributed by atoms with van der Waals surface area (Å²) in [4.78, 5) is 13.1. The number of hydrogen-bond donors (Lipinski definition) is 2. The maximum Gasteiger partial charge on any atom is 0.251 e. The number of aromatic amines is 1. The van der Waals surface area contributed by atoms with E-state index in [-0.39, 0.29) is 11.9 Å². The van der Waals surface area contributed by atoms with Crippen LogP contribution in [0.4, 0.5) is 0 Å². The lowest BCUT2D eigenvalue weighted by Gasteiger charge is -2.20. The van der Waals surface area contributed by atoms with Crippen LogP contribution in [0.2, 0.25) is 0 Å². The Morgan fingerprint density at radius 2 is 1.87 bits per heavy atom. The first kappa shape index (κ1) is 20.6. The van der Waals surface area contributed by atoms with E-state index in [1.807, 2.05) is 60.7 Å². The number of carbonyl (C=O) groups excluding carboxylic acids is 1. The SMILES string of the molecule is COCCC(NC(=O)c1cccc(-c2ccc3[nH]ncc3c2)c1)c1cccc(OC)c1. The molecule has 1 amide bonds. The van der Waals surface area contributed by atoms with E-state index >= 15 is 0 Å². The van der Waals surface area contributed by atoms with Gasteiger partial charge in [0.05, 0.1) is 24.9 Å². The van der Waals surface area contributed by atoms with Gasteiger partial charge in [-0.3, -0.25) is 9.89 Å². The van der Waals surface area contributed by atoms with E-state index in [2.05, 4.69) is 21.6 Å². The standard InChI is InChI=1S/C25H25N3O3/c1-30-12-11-23(19-6-4-8-22(15-19)31-2)27-25(29)20-7-3-5-17(13-20)18-9-10-24-21(14-18)16-26-28-24/h3-10,13-16,23H,11-12H2,1-2H3,(H,26,28)(H,27,29). The Hall–Kier alpha value is -3.64. The van der Waals surface area contributed by atoms with Gasteiger partial charge < -0.3 is 14.8 Å². The summed E-state index contributed by atoms with van der Waals surface area (Å²) in [5, 5.41) is 11.2. The van der Waals surface area contributed by atoms with Crippen molar-refractivity contribution < 1.29 is 14.3 Å².